The summed E-state index contributed by atoms with van der Waals surface area (Å²) in [6, 6.07) is 7.56. The first kappa shape index (κ1) is 32.5. The fourth-order valence-corrected chi connectivity index (χ4v) is 9.26. The molecular formula is C40H58N2O3. The molecule has 5 nitrogen and oxygen atoms in total. The van der Waals surface area contributed by atoms with Crippen molar-refractivity contribution >= 4 is 22.6 Å². The Morgan fingerprint density at radius 2 is 1.80 bits per heavy atom. The second kappa shape index (κ2) is 15.5. The number of carbonyl (C=O) groups excluding carboxylic acids is 2. The second-order valence-corrected chi connectivity index (χ2v) is 14.8. The van der Waals surface area contributed by atoms with Gasteiger partial charge >= 0.3 is 0 Å². The van der Waals surface area contributed by atoms with Crippen molar-refractivity contribution in [3.05, 3.63) is 47.2 Å². The Labute approximate surface area is 271 Å². The molecule has 4 aliphatic rings. The summed E-state index contributed by atoms with van der Waals surface area (Å²) in [5, 5.41) is 11.7. The van der Waals surface area contributed by atoms with Crippen LogP contribution >= 0.6 is 0 Å². The summed E-state index contributed by atoms with van der Waals surface area (Å²) < 4.78 is 2.56. The number of hydrogen-bond acceptors (Lipinski definition) is 3. The molecule has 0 unspecified atom stereocenters. The van der Waals surface area contributed by atoms with Crippen LogP contribution in [0.25, 0.3) is 10.9 Å². The lowest BCUT2D eigenvalue weighted by molar-refractivity contribution is -0.135. The first-order valence-electron chi connectivity index (χ1n) is 18.9. The van der Waals surface area contributed by atoms with E-state index < -0.39 is 0 Å². The van der Waals surface area contributed by atoms with Gasteiger partial charge in [0.1, 0.15) is 5.78 Å². The number of allylic oxidation sites excluding steroid dienone is 1. The molecule has 45 heavy (non-hydrogen) atoms. The highest BCUT2D eigenvalue weighted by Crippen LogP contribution is 2.44. The van der Waals surface area contributed by atoms with Gasteiger partial charge < -0.3 is 14.6 Å². The van der Waals surface area contributed by atoms with Crippen LogP contribution in [-0.4, -0.2) is 38.9 Å². The Bertz CT molecular complexity index is 1330. The quantitative estimate of drug-likeness (QED) is 0.170. The van der Waals surface area contributed by atoms with E-state index in [0.717, 1.165) is 96.1 Å². The molecule has 5 heteroatoms. The lowest BCUT2D eigenvalue weighted by Gasteiger charge is -2.40. The van der Waals surface area contributed by atoms with Crippen molar-refractivity contribution in [3.8, 4) is 0 Å². The molecule has 1 aliphatic heterocycles. The van der Waals surface area contributed by atoms with Crippen LogP contribution in [0.5, 0.6) is 0 Å². The number of benzene rings is 1. The molecule has 246 valence electrons. The smallest absolute Gasteiger partial charge is 0.223 e. The number of aryl methyl sites for hydroxylation is 1. The molecule has 0 saturated heterocycles. The van der Waals surface area contributed by atoms with Gasteiger partial charge in [0.15, 0.2) is 0 Å². The molecule has 0 bridgehead atoms. The average molecular weight is 615 g/mol. The summed E-state index contributed by atoms with van der Waals surface area (Å²) >= 11 is 0. The monoisotopic (exact) mass is 614 g/mol. The normalized spacial score (nSPS) is 24.5. The third-order valence-corrected chi connectivity index (χ3v) is 11.8. The minimum Gasteiger partial charge on any atom is -0.389 e. The highest BCUT2D eigenvalue weighted by molar-refractivity contribution is 5.88. The minimum atomic E-state index is -0.381. The van der Waals surface area contributed by atoms with Crippen molar-refractivity contribution in [3.63, 3.8) is 0 Å². The predicted octanol–water partition coefficient (Wildman–Crippen LogP) is 9.34. The van der Waals surface area contributed by atoms with E-state index in [-0.39, 0.29) is 24.0 Å². The van der Waals surface area contributed by atoms with Gasteiger partial charge in [0.25, 0.3) is 0 Å². The molecule has 1 aromatic carbocycles. The van der Waals surface area contributed by atoms with Gasteiger partial charge in [0, 0.05) is 48.4 Å². The number of rotatable bonds is 14. The van der Waals surface area contributed by atoms with Crippen molar-refractivity contribution in [2.24, 2.45) is 11.8 Å². The first-order valence-corrected chi connectivity index (χ1v) is 18.9. The molecule has 2 saturated carbocycles. The summed E-state index contributed by atoms with van der Waals surface area (Å²) in [7, 11) is 0. The SMILES string of the molecule is CCCCC[C@H](O)/C=C/[C@H]1CCC(=O)[C@@H]1CCCCCCC(=O)N1CCn2c3c(c4cc(C5CCCCC5)ccc42)CCC[C@H]31. The van der Waals surface area contributed by atoms with Crippen LogP contribution in [0.4, 0.5) is 0 Å². The zero-order chi connectivity index (χ0) is 31.2. The molecule has 3 aliphatic carbocycles. The van der Waals surface area contributed by atoms with Gasteiger partial charge in [-0.3, -0.25) is 9.59 Å². The molecule has 2 aromatic rings. The lowest BCUT2D eigenvalue weighted by Crippen LogP contribution is -2.43. The maximum Gasteiger partial charge on any atom is 0.223 e. The maximum atomic E-state index is 13.6. The molecule has 1 amide bonds. The summed E-state index contributed by atoms with van der Waals surface area (Å²) in [6.45, 7) is 3.92. The van der Waals surface area contributed by atoms with Gasteiger partial charge in [-0.1, -0.05) is 82.9 Å². The third-order valence-electron chi connectivity index (χ3n) is 11.8. The molecule has 6 rings (SSSR count). The van der Waals surface area contributed by atoms with Crippen LogP contribution in [0.15, 0.2) is 30.4 Å². The van der Waals surface area contributed by atoms with E-state index in [0.29, 0.717) is 24.5 Å². The highest BCUT2D eigenvalue weighted by atomic mass is 16.3. The van der Waals surface area contributed by atoms with Crippen LogP contribution < -0.4 is 0 Å². The molecule has 2 fully saturated rings. The molecule has 1 aromatic heterocycles. The predicted molar refractivity (Wildman–Crippen MR) is 183 cm³/mol. The molecule has 1 N–H and O–H groups in total. The van der Waals surface area contributed by atoms with E-state index in [1.807, 2.05) is 6.08 Å². The topological polar surface area (TPSA) is 62.5 Å². The summed E-state index contributed by atoms with van der Waals surface area (Å²) in [4.78, 5) is 28.4. The molecule has 0 spiro atoms. The van der Waals surface area contributed by atoms with Gasteiger partial charge in [-0.2, -0.15) is 0 Å². The number of carbonyl (C=O) groups is 2. The Kier molecular flexibility index (Phi) is 11.2. The first-order chi connectivity index (χ1) is 22.0. The van der Waals surface area contributed by atoms with Crippen LogP contribution in [0, 0.1) is 11.8 Å². The number of nitrogens with zero attached hydrogens (tertiary/aromatic N) is 2. The fourth-order valence-electron chi connectivity index (χ4n) is 9.26. The van der Waals surface area contributed by atoms with Crippen LogP contribution in [0.3, 0.4) is 0 Å². The summed E-state index contributed by atoms with van der Waals surface area (Å²) in [6.07, 6.45) is 25.4. The number of Topliss-reactive ketones (excluding diaryl/α,β-unsaturated/α-hetero) is 1. The van der Waals surface area contributed by atoms with Gasteiger partial charge in [0.2, 0.25) is 5.91 Å². The van der Waals surface area contributed by atoms with Gasteiger partial charge in [-0.25, -0.2) is 0 Å². The highest BCUT2D eigenvalue weighted by Gasteiger charge is 2.37. The number of aromatic nitrogens is 1. The molecule has 4 atom stereocenters. The number of amides is 1. The van der Waals surface area contributed by atoms with Gasteiger partial charge in [0.05, 0.1) is 12.1 Å². The Morgan fingerprint density at radius 1 is 0.956 bits per heavy atom. The number of unbranched alkanes of at least 4 members (excludes halogenated alkanes) is 5. The minimum absolute atomic E-state index is 0.116. The van der Waals surface area contributed by atoms with Crippen LogP contribution in [-0.2, 0) is 22.6 Å². The van der Waals surface area contributed by atoms with Crippen molar-refractivity contribution in [1.82, 2.24) is 9.47 Å². The van der Waals surface area contributed by atoms with E-state index in [4.69, 9.17) is 0 Å². The van der Waals surface area contributed by atoms with Crippen molar-refractivity contribution in [1.29, 1.82) is 0 Å². The van der Waals surface area contributed by atoms with Gasteiger partial charge in [-0.15, -0.1) is 0 Å². The third kappa shape index (κ3) is 7.45. The second-order valence-electron chi connectivity index (χ2n) is 14.8. The maximum absolute atomic E-state index is 13.6. The number of ketones is 1. The van der Waals surface area contributed by atoms with E-state index in [1.54, 1.807) is 0 Å². The largest absolute Gasteiger partial charge is 0.389 e. The van der Waals surface area contributed by atoms with Crippen molar-refractivity contribution in [2.75, 3.05) is 6.54 Å². The zero-order valence-electron chi connectivity index (χ0n) is 28.0. The van der Waals surface area contributed by atoms with E-state index in [2.05, 4.69) is 40.7 Å². The van der Waals surface area contributed by atoms with Crippen molar-refractivity contribution < 1.29 is 14.7 Å². The number of hydrogen-bond donors (Lipinski definition) is 1. The van der Waals surface area contributed by atoms with Crippen molar-refractivity contribution in [2.45, 2.75) is 160 Å². The Morgan fingerprint density at radius 3 is 2.64 bits per heavy atom. The fraction of sp³-hybridized carbons (Fsp3) is 0.700. The molecule has 0 radical (unpaired) electrons. The standard InChI is InChI=1S/C40H58N2O3/c1-2-3-7-15-32(43)23-20-30-22-25-38(44)33(30)16-10-4-5-11-19-39(45)41-26-27-42-36-24-21-31(29-13-8-6-9-14-29)28-35(36)34-17-12-18-37(41)40(34)42/h20-21,23-24,28-30,32-33,37,43H,2-19,22,25-27H2,1H3/b23-20+/t30-,32-,33+,37+/m0/s1. The Hall–Kier alpha value is -2.40. The van der Waals surface area contributed by atoms with Crippen LogP contribution in [0.2, 0.25) is 0 Å². The number of aliphatic hydroxyl groups excluding tert-OH is 1. The van der Waals surface area contributed by atoms with Crippen LogP contribution in [0.1, 0.15) is 158 Å². The summed E-state index contributed by atoms with van der Waals surface area (Å²) in [5.74, 6) is 1.86. The number of fused-ring (bicyclic) bond motifs is 3. The molecular weight excluding hydrogens is 556 g/mol. The summed E-state index contributed by atoms with van der Waals surface area (Å²) in [5.41, 5.74) is 5.89. The average Bonchev–Trinajstić information content (AvgIpc) is 3.59. The van der Waals surface area contributed by atoms with Gasteiger partial charge in [-0.05, 0) is 92.9 Å². The van der Waals surface area contributed by atoms with E-state index >= 15 is 0 Å². The number of aliphatic hydroxyl groups is 1. The lowest BCUT2D eigenvalue weighted by atomic mass is 9.83. The zero-order valence-corrected chi connectivity index (χ0v) is 28.0. The van der Waals surface area contributed by atoms with E-state index in [1.165, 1.54) is 66.2 Å². The Balaban J connectivity index is 0.981. The van der Waals surface area contributed by atoms with E-state index in [9.17, 15) is 14.7 Å². The molecule has 2 heterocycles.